The number of carbonyl (C=O) groups excluding carboxylic acids is 1. The summed E-state index contributed by atoms with van der Waals surface area (Å²) in [7, 11) is 1.58. The second-order valence-corrected chi connectivity index (χ2v) is 10.5. The van der Waals surface area contributed by atoms with Crippen molar-refractivity contribution in [2.24, 2.45) is 5.41 Å². The number of benzene rings is 2. The monoisotopic (exact) mass is 526 g/mol. The van der Waals surface area contributed by atoms with Crippen LogP contribution in [0.15, 0.2) is 89.5 Å². The van der Waals surface area contributed by atoms with Crippen molar-refractivity contribution in [3.63, 3.8) is 0 Å². The number of thiocarbonyl (C=S) groups is 1. The van der Waals surface area contributed by atoms with E-state index in [0.29, 0.717) is 16.5 Å². The average Bonchev–Trinajstić information content (AvgIpc) is 3.54. The Kier molecular flexibility index (Phi) is 6.91. The highest BCUT2D eigenvalue weighted by molar-refractivity contribution is 7.80. The molecule has 0 spiro atoms. The van der Waals surface area contributed by atoms with Crippen molar-refractivity contribution >= 4 is 34.6 Å². The van der Waals surface area contributed by atoms with Crippen molar-refractivity contribution in [1.82, 2.24) is 10.3 Å². The van der Waals surface area contributed by atoms with E-state index in [2.05, 4.69) is 15.6 Å². The lowest BCUT2D eigenvalue weighted by molar-refractivity contribution is -0.123. The number of methoxy groups -OCH3 is 1. The first-order valence-electron chi connectivity index (χ1n) is 12.4. The molecular formula is C30H30N4O3S. The fraction of sp³-hybridized carbons (Fsp3) is 0.233. The Hall–Kier alpha value is -4.17. The number of rotatable bonds is 6. The number of pyridine rings is 1. The van der Waals surface area contributed by atoms with Crippen molar-refractivity contribution in [1.29, 1.82) is 0 Å². The van der Waals surface area contributed by atoms with E-state index < -0.39 is 5.41 Å². The zero-order chi connectivity index (χ0) is 26.9. The van der Waals surface area contributed by atoms with Gasteiger partial charge in [0.15, 0.2) is 5.11 Å². The summed E-state index contributed by atoms with van der Waals surface area (Å²) in [6.45, 7) is 5.60. The highest BCUT2D eigenvalue weighted by Gasteiger charge is 2.43. The second-order valence-electron chi connectivity index (χ2n) is 10.2. The molecule has 2 aromatic carbocycles. The van der Waals surface area contributed by atoms with E-state index >= 15 is 0 Å². The van der Waals surface area contributed by atoms with Gasteiger partial charge in [0.1, 0.15) is 23.3 Å². The van der Waals surface area contributed by atoms with Crippen LogP contribution in [-0.2, 0) is 4.79 Å². The molecule has 194 valence electrons. The normalized spacial score (nSPS) is 17.3. The van der Waals surface area contributed by atoms with Crippen LogP contribution < -0.4 is 20.3 Å². The lowest BCUT2D eigenvalue weighted by Gasteiger charge is -2.27. The first-order chi connectivity index (χ1) is 18.3. The molecule has 4 aromatic rings. The van der Waals surface area contributed by atoms with Crippen molar-refractivity contribution in [2.45, 2.75) is 32.9 Å². The quantitative estimate of drug-likeness (QED) is 0.277. The highest BCUT2D eigenvalue weighted by atomic mass is 32.1. The number of anilines is 2. The van der Waals surface area contributed by atoms with Gasteiger partial charge in [0.2, 0.25) is 5.91 Å². The summed E-state index contributed by atoms with van der Waals surface area (Å²) in [6.07, 6.45) is 1.77. The van der Waals surface area contributed by atoms with Gasteiger partial charge in [0.05, 0.1) is 24.5 Å². The van der Waals surface area contributed by atoms with Gasteiger partial charge in [-0.1, -0.05) is 57.2 Å². The highest BCUT2D eigenvalue weighted by Crippen LogP contribution is 2.44. The largest absolute Gasteiger partial charge is 0.494 e. The minimum Gasteiger partial charge on any atom is -0.494 e. The van der Waals surface area contributed by atoms with Crippen LogP contribution in [0.3, 0.4) is 0 Å². The molecule has 1 fully saturated rings. The van der Waals surface area contributed by atoms with Gasteiger partial charge in [-0.05, 0) is 48.6 Å². The van der Waals surface area contributed by atoms with Gasteiger partial charge in [-0.3, -0.25) is 9.78 Å². The minimum absolute atomic E-state index is 0.0981. The molecule has 2 atom stereocenters. The summed E-state index contributed by atoms with van der Waals surface area (Å²) in [4.78, 5) is 19.2. The molecule has 0 radical (unpaired) electrons. The number of amides is 1. The Morgan fingerprint density at radius 2 is 1.82 bits per heavy atom. The zero-order valence-corrected chi connectivity index (χ0v) is 22.6. The zero-order valence-electron chi connectivity index (χ0n) is 21.8. The fourth-order valence-corrected chi connectivity index (χ4v) is 4.78. The van der Waals surface area contributed by atoms with Crippen LogP contribution in [0.1, 0.15) is 44.3 Å². The molecule has 1 aliphatic rings. The molecule has 0 unspecified atom stereocenters. The molecule has 1 amide bonds. The van der Waals surface area contributed by atoms with Crippen molar-refractivity contribution in [3.05, 3.63) is 96.5 Å². The minimum atomic E-state index is -0.541. The van der Waals surface area contributed by atoms with Crippen molar-refractivity contribution in [2.75, 3.05) is 17.3 Å². The van der Waals surface area contributed by atoms with E-state index in [-0.39, 0.29) is 18.0 Å². The van der Waals surface area contributed by atoms with Gasteiger partial charge < -0.3 is 24.7 Å². The molecule has 38 heavy (non-hydrogen) atoms. The molecule has 2 aromatic heterocycles. The number of nitrogens with one attached hydrogen (secondary N) is 2. The number of ether oxygens (including phenoxy) is 1. The first kappa shape index (κ1) is 25.5. The number of nitrogens with zero attached hydrogens (tertiary/aromatic N) is 2. The average molecular weight is 527 g/mol. The smallest absolute Gasteiger partial charge is 0.229 e. The molecule has 5 rings (SSSR count). The standard InChI is InChI=1S/C30H30N4O3S/c1-30(2,3)28(35)32-21-14-13-20(18-25(21)36-4)34-27(26(33-29(34)38)22-12-8-9-17-31-22)24-16-15-23(37-24)19-10-6-5-7-11-19/h5-18,26-27H,1-4H3,(H,32,35)(H,33,38)/t26-,27+/m1/s1. The maximum atomic E-state index is 12.6. The number of hydrogen-bond acceptors (Lipinski definition) is 5. The number of furan rings is 1. The molecule has 3 heterocycles. The topological polar surface area (TPSA) is 79.6 Å². The van der Waals surface area contributed by atoms with Gasteiger partial charge in [-0.25, -0.2) is 0 Å². The molecule has 8 heteroatoms. The maximum absolute atomic E-state index is 12.6. The Bertz CT molecular complexity index is 1450. The molecule has 7 nitrogen and oxygen atoms in total. The summed E-state index contributed by atoms with van der Waals surface area (Å²) in [5, 5.41) is 6.95. The lowest BCUT2D eigenvalue weighted by atomic mass is 9.95. The van der Waals surface area contributed by atoms with E-state index in [4.69, 9.17) is 21.4 Å². The lowest BCUT2D eigenvalue weighted by Crippen LogP contribution is -2.30. The molecule has 1 aliphatic heterocycles. The second kappa shape index (κ2) is 10.3. The van der Waals surface area contributed by atoms with Crippen LogP contribution in [0.25, 0.3) is 11.3 Å². The van der Waals surface area contributed by atoms with Crippen molar-refractivity contribution < 1.29 is 13.9 Å². The number of aromatic nitrogens is 1. The summed E-state index contributed by atoms with van der Waals surface area (Å²) in [6, 6.07) is 24.8. The third-order valence-electron chi connectivity index (χ3n) is 6.47. The Labute approximate surface area is 227 Å². The third kappa shape index (κ3) is 4.99. The Morgan fingerprint density at radius 3 is 2.50 bits per heavy atom. The van der Waals surface area contributed by atoms with Crippen LogP contribution in [0.2, 0.25) is 0 Å². The Morgan fingerprint density at radius 1 is 1.05 bits per heavy atom. The van der Waals surface area contributed by atoms with Crippen LogP contribution in [0.5, 0.6) is 5.75 Å². The van der Waals surface area contributed by atoms with Crippen LogP contribution in [-0.4, -0.2) is 23.1 Å². The molecule has 0 bridgehead atoms. The SMILES string of the molecule is COc1cc(N2C(=S)N[C@H](c3ccccn3)[C@@H]2c2ccc(-c3ccccc3)o2)ccc1NC(=O)C(C)(C)C. The summed E-state index contributed by atoms with van der Waals surface area (Å²) in [5.41, 5.74) is 2.70. The summed E-state index contributed by atoms with van der Waals surface area (Å²) in [5.74, 6) is 1.96. The number of hydrogen-bond donors (Lipinski definition) is 2. The molecule has 2 N–H and O–H groups in total. The van der Waals surface area contributed by atoms with Crippen LogP contribution >= 0.6 is 12.2 Å². The van der Waals surface area contributed by atoms with E-state index in [0.717, 1.165) is 28.5 Å². The van der Waals surface area contributed by atoms with E-state index in [1.54, 1.807) is 13.3 Å². The van der Waals surface area contributed by atoms with Gasteiger partial charge in [0.25, 0.3) is 0 Å². The van der Waals surface area contributed by atoms with Gasteiger partial charge >= 0.3 is 0 Å². The van der Waals surface area contributed by atoms with Crippen molar-refractivity contribution in [3.8, 4) is 17.1 Å². The van der Waals surface area contributed by atoms with E-state index in [1.807, 2.05) is 105 Å². The molecule has 0 aliphatic carbocycles. The Balaban J connectivity index is 1.56. The van der Waals surface area contributed by atoms with Gasteiger partial charge in [-0.15, -0.1) is 0 Å². The predicted octanol–water partition coefficient (Wildman–Crippen LogP) is 6.51. The third-order valence-corrected chi connectivity index (χ3v) is 6.78. The molecule has 1 saturated heterocycles. The summed E-state index contributed by atoms with van der Waals surface area (Å²) < 4.78 is 12.1. The first-order valence-corrected chi connectivity index (χ1v) is 12.8. The summed E-state index contributed by atoms with van der Waals surface area (Å²) >= 11 is 5.84. The van der Waals surface area contributed by atoms with Crippen LogP contribution in [0, 0.1) is 5.41 Å². The van der Waals surface area contributed by atoms with Gasteiger partial charge in [-0.2, -0.15) is 0 Å². The van der Waals surface area contributed by atoms with Crippen LogP contribution in [0.4, 0.5) is 11.4 Å². The number of carbonyl (C=O) groups is 1. The van der Waals surface area contributed by atoms with Gasteiger partial charge in [0, 0.05) is 28.9 Å². The molecule has 0 saturated carbocycles. The van der Waals surface area contributed by atoms with E-state index in [9.17, 15) is 4.79 Å². The van der Waals surface area contributed by atoms with E-state index in [1.165, 1.54) is 0 Å². The fourth-order valence-electron chi connectivity index (χ4n) is 4.43. The maximum Gasteiger partial charge on any atom is 0.229 e. The molecular weight excluding hydrogens is 496 g/mol. The predicted molar refractivity (Wildman–Crippen MR) is 153 cm³/mol.